The maximum absolute atomic E-state index is 12.3. The van der Waals surface area contributed by atoms with Crippen molar-refractivity contribution in [1.29, 1.82) is 0 Å². The van der Waals surface area contributed by atoms with E-state index < -0.39 is 5.97 Å². The molecule has 194 valence electrons. The monoisotopic (exact) mass is 492 g/mol. The first-order chi connectivity index (χ1) is 17.4. The lowest BCUT2D eigenvalue weighted by atomic mass is 9.77. The Labute approximate surface area is 215 Å². The first-order valence-electron chi connectivity index (χ1n) is 13.3. The van der Waals surface area contributed by atoms with Crippen molar-refractivity contribution in [2.45, 2.75) is 84.0 Å². The van der Waals surface area contributed by atoms with Gasteiger partial charge in [-0.2, -0.15) is 0 Å². The van der Waals surface area contributed by atoms with Gasteiger partial charge < -0.3 is 14.2 Å². The summed E-state index contributed by atoms with van der Waals surface area (Å²) in [7, 11) is 0. The van der Waals surface area contributed by atoms with Crippen LogP contribution in [-0.2, 0) is 20.7 Å². The molecule has 0 atom stereocenters. The Morgan fingerprint density at radius 2 is 1.58 bits per heavy atom. The zero-order valence-corrected chi connectivity index (χ0v) is 21.8. The zero-order valence-electron chi connectivity index (χ0n) is 21.8. The molecule has 5 heteroatoms. The lowest BCUT2D eigenvalue weighted by molar-refractivity contribution is -0.145. The second-order valence-electron chi connectivity index (χ2n) is 9.87. The van der Waals surface area contributed by atoms with Crippen molar-refractivity contribution in [3.05, 3.63) is 71.8 Å². The van der Waals surface area contributed by atoms with Gasteiger partial charge >= 0.3 is 11.9 Å². The second kappa shape index (κ2) is 14.5. The van der Waals surface area contributed by atoms with Crippen LogP contribution < -0.4 is 9.47 Å². The summed E-state index contributed by atoms with van der Waals surface area (Å²) >= 11 is 0. The highest BCUT2D eigenvalue weighted by atomic mass is 16.7. The summed E-state index contributed by atoms with van der Waals surface area (Å²) in [5.41, 5.74) is 2.68. The van der Waals surface area contributed by atoms with Crippen LogP contribution in [0, 0.1) is 5.92 Å². The number of ether oxygens (including phenoxy) is 3. The van der Waals surface area contributed by atoms with Crippen LogP contribution in [0.3, 0.4) is 0 Å². The molecular weight excluding hydrogens is 452 g/mol. The molecule has 0 spiro atoms. The molecule has 0 aromatic heterocycles. The summed E-state index contributed by atoms with van der Waals surface area (Å²) in [6.07, 6.45) is 11.5. The van der Waals surface area contributed by atoms with Crippen molar-refractivity contribution < 1.29 is 23.8 Å². The number of carbonyl (C=O) groups is 2. The smallest absolute Gasteiger partial charge is 0.335 e. The quantitative estimate of drug-likeness (QED) is 0.0950. The number of benzene rings is 2. The van der Waals surface area contributed by atoms with Gasteiger partial charge in [0.25, 0.3) is 0 Å². The normalized spacial score (nSPS) is 17.3. The molecule has 3 rings (SSSR count). The van der Waals surface area contributed by atoms with E-state index in [0.717, 1.165) is 11.5 Å². The molecule has 0 bridgehead atoms. The van der Waals surface area contributed by atoms with Crippen LogP contribution in [0.1, 0.15) is 88.7 Å². The Hall–Kier alpha value is -3.08. The Bertz CT molecular complexity index is 969. The fourth-order valence-corrected chi connectivity index (χ4v) is 4.73. The van der Waals surface area contributed by atoms with E-state index >= 15 is 0 Å². The molecule has 2 aromatic rings. The summed E-state index contributed by atoms with van der Waals surface area (Å²) < 4.78 is 15.9. The van der Waals surface area contributed by atoms with Gasteiger partial charge in [-0.3, -0.25) is 4.79 Å². The third kappa shape index (κ3) is 9.18. The molecule has 1 fully saturated rings. The number of unbranched alkanes of at least 4 members (excludes halogenated alkanes) is 2. The molecule has 0 aliphatic heterocycles. The standard InChI is InChI=1S/C31H40O5/c1-4-5-6-7-24-8-13-26(14-9-24)27-15-19-29(20-16-27)36-30(32)21-12-25-10-17-28(18-11-25)34-22-35-31(33)23(2)3/h10-11,15-20,24,26H,2,4-9,12-14,21-22H2,1,3H3. The van der Waals surface area contributed by atoms with Crippen LogP contribution in [0.15, 0.2) is 60.7 Å². The van der Waals surface area contributed by atoms with Crippen molar-refractivity contribution in [3.63, 3.8) is 0 Å². The molecule has 1 saturated carbocycles. The maximum Gasteiger partial charge on any atom is 0.335 e. The third-order valence-electron chi connectivity index (χ3n) is 6.95. The molecule has 0 amide bonds. The maximum atomic E-state index is 12.3. The van der Waals surface area contributed by atoms with Crippen LogP contribution in [0.5, 0.6) is 11.5 Å². The minimum absolute atomic E-state index is 0.170. The molecule has 1 aliphatic rings. The number of hydrogen-bond acceptors (Lipinski definition) is 5. The van der Waals surface area contributed by atoms with Gasteiger partial charge in [0.1, 0.15) is 11.5 Å². The third-order valence-corrected chi connectivity index (χ3v) is 6.95. The summed E-state index contributed by atoms with van der Waals surface area (Å²) in [4.78, 5) is 23.7. The largest absolute Gasteiger partial charge is 0.457 e. The molecule has 0 heterocycles. The fraction of sp³-hybridized carbons (Fsp3) is 0.484. The SMILES string of the molecule is C=C(C)C(=O)OCOc1ccc(CCC(=O)Oc2ccc(C3CCC(CCCCC)CC3)cc2)cc1. The second-order valence-corrected chi connectivity index (χ2v) is 9.87. The van der Waals surface area contributed by atoms with Crippen LogP contribution >= 0.6 is 0 Å². The Balaban J connectivity index is 1.36. The van der Waals surface area contributed by atoms with Gasteiger partial charge in [0.2, 0.25) is 6.79 Å². The Morgan fingerprint density at radius 1 is 0.917 bits per heavy atom. The predicted octanol–water partition coefficient (Wildman–Crippen LogP) is 7.53. The molecule has 0 radical (unpaired) electrons. The van der Waals surface area contributed by atoms with Gasteiger partial charge in [0.05, 0.1) is 0 Å². The van der Waals surface area contributed by atoms with Crippen LogP contribution in [0.4, 0.5) is 0 Å². The van der Waals surface area contributed by atoms with Crippen molar-refractivity contribution in [3.8, 4) is 11.5 Å². The van der Waals surface area contributed by atoms with Gasteiger partial charge in [-0.25, -0.2) is 4.79 Å². The molecule has 2 aromatic carbocycles. The van der Waals surface area contributed by atoms with Gasteiger partial charge in [0, 0.05) is 12.0 Å². The van der Waals surface area contributed by atoms with Gasteiger partial charge in [-0.05, 0) is 86.3 Å². The highest BCUT2D eigenvalue weighted by Gasteiger charge is 2.22. The molecule has 36 heavy (non-hydrogen) atoms. The van der Waals surface area contributed by atoms with Crippen LogP contribution in [0.2, 0.25) is 0 Å². The minimum Gasteiger partial charge on any atom is -0.457 e. The molecular formula is C31H40O5. The van der Waals surface area contributed by atoms with E-state index in [9.17, 15) is 9.59 Å². The van der Waals surface area contributed by atoms with Gasteiger partial charge in [0.15, 0.2) is 0 Å². The topological polar surface area (TPSA) is 61.8 Å². The first-order valence-corrected chi connectivity index (χ1v) is 13.3. The van der Waals surface area contributed by atoms with Gasteiger partial charge in [-0.1, -0.05) is 63.5 Å². The molecule has 0 N–H and O–H groups in total. The summed E-state index contributed by atoms with van der Waals surface area (Å²) in [6.45, 7) is 7.20. The summed E-state index contributed by atoms with van der Waals surface area (Å²) in [5.74, 6) is 1.99. The van der Waals surface area contributed by atoms with E-state index in [-0.39, 0.29) is 12.8 Å². The Kier molecular flexibility index (Phi) is 11.1. The summed E-state index contributed by atoms with van der Waals surface area (Å²) in [6, 6.07) is 15.4. The average molecular weight is 493 g/mol. The van der Waals surface area contributed by atoms with Crippen molar-refractivity contribution >= 4 is 11.9 Å². The zero-order chi connectivity index (χ0) is 25.8. The molecule has 1 aliphatic carbocycles. The van der Waals surface area contributed by atoms with E-state index in [4.69, 9.17) is 14.2 Å². The lowest BCUT2D eigenvalue weighted by Crippen LogP contribution is -2.13. The van der Waals surface area contributed by atoms with E-state index in [2.05, 4.69) is 25.6 Å². The number of hydrogen-bond donors (Lipinski definition) is 0. The molecule has 0 saturated heterocycles. The predicted molar refractivity (Wildman–Crippen MR) is 142 cm³/mol. The highest BCUT2D eigenvalue weighted by Crippen LogP contribution is 2.38. The molecule has 5 nitrogen and oxygen atoms in total. The minimum atomic E-state index is -0.486. The summed E-state index contributed by atoms with van der Waals surface area (Å²) in [5, 5.41) is 0. The van der Waals surface area contributed by atoms with Crippen LogP contribution in [0.25, 0.3) is 0 Å². The number of aryl methyl sites for hydroxylation is 1. The van der Waals surface area contributed by atoms with Crippen molar-refractivity contribution in [2.24, 2.45) is 5.92 Å². The van der Waals surface area contributed by atoms with Gasteiger partial charge in [-0.15, -0.1) is 0 Å². The van der Waals surface area contributed by atoms with Crippen LogP contribution in [-0.4, -0.2) is 18.7 Å². The highest BCUT2D eigenvalue weighted by molar-refractivity contribution is 5.86. The Morgan fingerprint density at radius 3 is 2.22 bits per heavy atom. The number of carbonyl (C=O) groups excluding carboxylic acids is 2. The van der Waals surface area contributed by atoms with E-state index in [1.807, 2.05) is 24.3 Å². The number of rotatable bonds is 13. The van der Waals surface area contributed by atoms with E-state index in [0.29, 0.717) is 35.8 Å². The average Bonchev–Trinajstić information content (AvgIpc) is 2.89. The first kappa shape index (κ1) is 27.5. The van der Waals surface area contributed by atoms with Crippen molar-refractivity contribution in [2.75, 3.05) is 6.79 Å². The van der Waals surface area contributed by atoms with E-state index in [1.165, 1.54) is 56.9 Å². The number of esters is 2. The van der Waals surface area contributed by atoms with Crippen molar-refractivity contribution in [1.82, 2.24) is 0 Å². The van der Waals surface area contributed by atoms with E-state index in [1.54, 1.807) is 19.1 Å². The lowest BCUT2D eigenvalue weighted by Gasteiger charge is -2.29. The molecule has 0 unspecified atom stereocenters. The fourth-order valence-electron chi connectivity index (χ4n) is 4.73.